The highest BCUT2D eigenvalue weighted by molar-refractivity contribution is 6.04. The standard InChI is InChI=1S/C32H35FN4O5/c1-40-26-12-10-23(11-13-26)28-21-29(27-8-3-4-9-30(27)41-2)37(34-28)31(38)22-36(15-14-35-16-18-42-19-17-35)32(39)24-6-5-7-25(33)20-24/h3-13,20,29H,14-19,21-22H2,1-2H3/t29-/m0/s1. The van der Waals surface area contributed by atoms with Gasteiger partial charge in [0.1, 0.15) is 23.9 Å². The maximum atomic E-state index is 14.0. The molecule has 0 N–H and O–H groups in total. The summed E-state index contributed by atoms with van der Waals surface area (Å²) in [6.07, 6.45) is 0.462. The van der Waals surface area contributed by atoms with Crippen molar-refractivity contribution in [1.29, 1.82) is 0 Å². The quantitative estimate of drug-likeness (QED) is 0.364. The summed E-state index contributed by atoms with van der Waals surface area (Å²) in [6, 6.07) is 20.2. The van der Waals surface area contributed by atoms with Gasteiger partial charge in [-0.1, -0.05) is 24.3 Å². The van der Waals surface area contributed by atoms with Gasteiger partial charge in [-0.15, -0.1) is 0 Å². The van der Waals surface area contributed by atoms with E-state index in [1.165, 1.54) is 28.1 Å². The molecular weight excluding hydrogens is 539 g/mol. The third-order valence-corrected chi connectivity index (χ3v) is 7.56. The molecule has 0 bridgehead atoms. The number of methoxy groups -OCH3 is 2. The minimum atomic E-state index is -0.509. The number of morpholine rings is 1. The predicted octanol–water partition coefficient (Wildman–Crippen LogP) is 4.00. The molecule has 2 aliphatic rings. The summed E-state index contributed by atoms with van der Waals surface area (Å²) in [5.74, 6) is 0.0966. The fourth-order valence-corrected chi connectivity index (χ4v) is 5.26. The summed E-state index contributed by atoms with van der Waals surface area (Å²) >= 11 is 0. The first kappa shape index (κ1) is 29.2. The summed E-state index contributed by atoms with van der Waals surface area (Å²) in [7, 11) is 3.20. The van der Waals surface area contributed by atoms with Crippen molar-refractivity contribution in [3.8, 4) is 11.5 Å². The number of benzene rings is 3. The van der Waals surface area contributed by atoms with Gasteiger partial charge in [-0.05, 0) is 54.1 Å². The van der Waals surface area contributed by atoms with Crippen LogP contribution in [0.3, 0.4) is 0 Å². The van der Waals surface area contributed by atoms with Crippen LogP contribution in [-0.2, 0) is 9.53 Å². The molecule has 1 atom stereocenters. The van der Waals surface area contributed by atoms with Gasteiger partial charge in [0.05, 0.1) is 39.2 Å². The van der Waals surface area contributed by atoms with Crippen LogP contribution < -0.4 is 9.47 Å². The highest BCUT2D eigenvalue weighted by atomic mass is 19.1. The number of halogens is 1. The van der Waals surface area contributed by atoms with Crippen molar-refractivity contribution >= 4 is 17.5 Å². The zero-order valence-electron chi connectivity index (χ0n) is 23.9. The topological polar surface area (TPSA) is 83.9 Å². The van der Waals surface area contributed by atoms with Gasteiger partial charge in [0, 0.05) is 43.7 Å². The first-order valence-electron chi connectivity index (χ1n) is 14.0. The Balaban J connectivity index is 1.44. The van der Waals surface area contributed by atoms with Crippen LogP contribution in [0.1, 0.15) is 33.9 Å². The van der Waals surface area contributed by atoms with E-state index < -0.39 is 17.8 Å². The second-order valence-corrected chi connectivity index (χ2v) is 10.2. The van der Waals surface area contributed by atoms with Gasteiger partial charge in [-0.2, -0.15) is 5.10 Å². The SMILES string of the molecule is COc1ccc(C2=NN(C(=O)CN(CCN3CCOCC3)C(=O)c3cccc(F)c3)[C@H](c3ccccc3OC)C2)cc1. The molecular formula is C32H35FN4O5. The lowest BCUT2D eigenvalue weighted by Gasteiger charge is -2.31. The summed E-state index contributed by atoms with van der Waals surface area (Å²) in [5.41, 5.74) is 2.61. The fraction of sp³-hybridized carbons (Fsp3) is 0.344. The van der Waals surface area contributed by atoms with Crippen LogP contribution in [0.2, 0.25) is 0 Å². The Hall–Kier alpha value is -4.28. The van der Waals surface area contributed by atoms with Crippen LogP contribution in [0.4, 0.5) is 4.39 Å². The zero-order valence-corrected chi connectivity index (χ0v) is 23.9. The van der Waals surface area contributed by atoms with Crippen LogP contribution in [0.15, 0.2) is 77.9 Å². The fourth-order valence-electron chi connectivity index (χ4n) is 5.26. The second kappa shape index (κ2) is 13.6. The number of para-hydroxylation sites is 1. The number of carbonyl (C=O) groups is 2. The van der Waals surface area contributed by atoms with E-state index >= 15 is 0 Å². The number of carbonyl (C=O) groups excluding carboxylic acids is 2. The van der Waals surface area contributed by atoms with Gasteiger partial charge < -0.3 is 19.1 Å². The Morgan fingerprint density at radius 3 is 2.48 bits per heavy atom. The van der Waals surface area contributed by atoms with Gasteiger partial charge in [-0.25, -0.2) is 9.40 Å². The first-order chi connectivity index (χ1) is 20.5. The Bertz CT molecular complexity index is 1420. The average Bonchev–Trinajstić information content (AvgIpc) is 3.49. The maximum Gasteiger partial charge on any atom is 0.262 e. The van der Waals surface area contributed by atoms with E-state index in [0.29, 0.717) is 38.5 Å². The summed E-state index contributed by atoms with van der Waals surface area (Å²) in [4.78, 5) is 31.3. The smallest absolute Gasteiger partial charge is 0.262 e. The molecule has 9 nitrogen and oxygen atoms in total. The van der Waals surface area contributed by atoms with Crippen molar-refractivity contribution in [1.82, 2.24) is 14.8 Å². The first-order valence-corrected chi connectivity index (χ1v) is 14.0. The van der Waals surface area contributed by atoms with Gasteiger partial charge in [-0.3, -0.25) is 14.5 Å². The molecule has 1 fully saturated rings. The molecule has 0 unspecified atom stereocenters. The van der Waals surface area contributed by atoms with Crippen LogP contribution >= 0.6 is 0 Å². The molecule has 0 aromatic heterocycles. The number of hydrogen-bond donors (Lipinski definition) is 0. The van der Waals surface area contributed by atoms with Gasteiger partial charge in [0.15, 0.2) is 0 Å². The lowest BCUT2D eigenvalue weighted by molar-refractivity contribution is -0.133. The van der Waals surface area contributed by atoms with E-state index in [4.69, 9.17) is 19.3 Å². The Morgan fingerprint density at radius 2 is 1.76 bits per heavy atom. The van der Waals surface area contributed by atoms with Crippen molar-refractivity contribution < 1.29 is 28.2 Å². The molecule has 3 aromatic carbocycles. The van der Waals surface area contributed by atoms with Crippen LogP contribution in [-0.4, -0.2) is 92.5 Å². The number of rotatable bonds is 10. The molecule has 0 spiro atoms. The number of hydrogen-bond acceptors (Lipinski definition) is 7. The summed E-state index contributed by atoms with van der Waals surface area (Å²) in [5, 5.41) is 6.23. The average molecular weight is 575 g/mol. The molecule has 5 rings (SSSR count). The van der Waals surface area contributed by atoms with E-state index in [1.54, 1.807) is 20.3 Å². The highest BCUT2D eigenvalue weighted by Gasteiger charge is 2.36. The normalized spacial score (nSPS) is 17.1. The van der Waals surface area contributed by atoms with E-state index in [0.717, 1.165) is 35.7 Å². The Kier molecular flexibility index (Phi) is 9.45. The largest absolute Gasteiger partial charge is 0.497 e. The van der Waals surface area contributed by atoms with E-state index in [-0.39, 0.29) is 18.0 Å². The molecule has 1 saturated heterocycles. The minimum Gasteiger partial charge on any atom is -0.497 e. The van der Waals surface area contributed by atoms with E-state index in [1.807, 2.05) is 48.5 Å². The molecule has 220 valence electrons. The summed E-state index contributed by atoms with van der Waals surface area (Å²) < 4.78 is 30.4. The molecule has 0 saturated carbocycles. The number of nitrogens with zero attached hydrogens (tertiary/aromatic N) is 4. The molecule has 3 aromatic rings. The maximum absolute atomic E-state index is 14.0. The summed E-state index contributed by atoms with van der Waals surface area (Å²) in [6.45, 7) is 3.37. The molecule has 42 heavy (non-hydrogen) atoms. The van der Waals surface area contributed by atoms with Crippen LogP contribution in [0.5, 0.6) is 11.5 Å². The molecule has 2 amide bonds. The van der Waals surface area contributed by atoms with Crippen molar-refractivity contribution in [3.05, 3.63) is 95.3 Å². The van der Waals surface area contributed by atoms with Crippen LogP contribution in [0, 0.1) is 5.82 Å². The molecule has 10 heteroatoms. The van der Waals surface area contributed by atoms with Crippen molar-refractivity contribution in [2.75, 3.05) is 60.2 Å². The monoisotopic (exact) mass is 574 g/mol. The van der Waals surface area contributed by atoms with Crippen molar-refractivity contribution in [3.63, 3.8) is 0 Å². The van der Waals surface area contributed by atoms with Crippen molar-refractivity contribution in [2.45, 2.75) is 12.5 Å². The third-order valence-electron chi connectivity index (χ3n) is 7.56. The van der Waals surface area contributed by atoms with Gasteiger partial charge >= 0.3 is 0 Å². The zero-order chi connectivity index (χ0) is 29.5. The number of ether oxygens (including phenoxy) is 3. The highest BCUT2D eigenvalue weighted by Crippen LogP contribution is 2.37. The molecule has 0 radical (unpaired) electrons. The van der Waals surface area contributed by atoms with Crippen LogP contribution in [0.25, 0.3) is 0 Å². The Labute approximate surface area is 245 Å². The third kappa shape index (κ3) is 6.78. The van der Waals surface area contributed by atoms with Crippen molar-refractivity contribution in [2.24, 2.45) is 5.10 Å². The van der Waals surface area contributed by atoms with E-state index in [9.17, 15) is 14.0 Å². The molecule has 2 aliphatic heterocycles. The Morgan fingerprint density at radius 1 is 1.00 bits per heavy atom. The van der Waals surface area contributed by atoms with E-state index in [2.05, 4.69) is 4.90 Å². The second-order valence-electron chi connectivity index (χ2n) is 10.2. The number of amides is 2. The minimum absolute atomic E-state index is 0.190. The predicted molar refractivity (Wildman–Crippen MR) is 156 cm³/mol. The molecule has 0 aliphatic carbocycles. The lowest BCUT2D eigenvalue weighted by Crippen LogP contribution is -2.46. The lowest BCUT2D eigenvalue weighted by atomic mass is 9.97. The molecule has 2 heterocycles. The van der Waals surface area contributed by atoms with Gasteiger partial charge in [0.2, 0.25) is 0 Å². The van der Waals surface area contributed by atoms with Gasteiger partial charge in [0.25, 0.3) is 11.8 Å². The number of hydrazone groups is 1.